The molecule has 4 nitrogen and oxygen atoms in total. The fourth-order valence-corrected chi connectivity index (χ4v) is 2.98. The second-order valence-electron chi connectivity index (χ2n) is 5.29. The molecule has 1 aliphatic rings. The van der Waals surface area contributed by atoms with Crippen LogP contribution in [0, 0.1) is 0 Å². The minimum atomic E-state index is 0.835. The Labute approximate surface area is 131 Å². The van der Waals surface area contributed by atoms with E-state index in [1.54, 1.807) is 14.2 Å². The zero-order valence-electron chi connectivity index (χ0n) is 13.1. The number of hydrogen-bond acceptors (Lipinski definition) is 4. The first-order valence-corrected chi connectivity index (χ1v) is 7.61. The third-order valence-corrected chi connectivity index (χ3v) is 4.06. The van der Waals surface area contributed by atoms with Crippen LogP contribution >= 0.6 is 0 Å². The number of anilines is 1. The van der Waals surface area contributed by atoms with Crippen LogP contribution in [0.4, 0.5) is 5.69 Å². The van der Waals surface area contributed by atoms with E-state index in [0.717, 1.165) is 48.8 Å². The second kappa shape index (κ2) is 6.71. The number of nitrogens with zero attached hydrogens (tertiary/aromatic N) is 1. The quantitative estimate of drug-likeness (QED) is 0.941. The Morgan fingerprint density at radius 2 is 1.50 bits per heavy atom. The van der Waals surface area contributed by atoms with Crippen LogP contribution in [0.3, 0.4) is 0 Å². The van der Waals surface area contributed by atoms with Crippen molar-refractivity contribution in [1.29, 1.82) is 0 Å². The highest BCUT2D eigenvalue weighted by molar-refractivity contribution is 5.86. The van der Waals surface area contributed by atoms with E-state index >= 15 is 0 Å². The van der Waals surface area contributed by atoms with Gasteiger partial charge in [0.05, 0.1) is 19.8 Å². The Bertz CT molecular complexity index is 614. The summed E-state index contributed by atoms with van der Waals surface area (Å²) < 4.78 is 11.1. The molecule has 0 atom stereocenters. The van der Waals surface area contributed by atoms with Crippen LogP contribution < -0.4 is 19.7 Å². The molecule has 1 aliphatic heterocycles. The molecular formula is C18H22N2O2. The summed E-state index contributed by atoms with van der Waals surface area (Å²) in [6, 6.07) is 14.4. The normalized spacial score (nSPS) is 14.7. The Morgan fingerprint density at radius 1 is 0.864 bits per heavy atom. The van der Waals surface area contributed by atoms with Crippen LogP contribution in [-0.4, -0.2) is 40.4 Å². The molecule has 116 valence electrons. The van der Waals surface area contributed by atoms with Gasteiger partial charge in [0.2, 0.25) is 0 Å². The number of ether oxygens (including phenoxy) is 2. The van der Waals surface area contributed by atoms with Crippen molar-refractivity contribution in [2.24, 2.45) is 0 Å². The second-order valence-corrected chi connectivity index (χ2v) is 5.29. The van der Waals surface area contributed by atoms with Gasteiger partial charge in [-0.2, -0.15) is 0 Å². The zero-order valence-corrected chi connectivity index (χ0v) is 13.1. The standard InChI is InChI=1S/C18H22N2O2/c1-21-16-8-5-9-17(22-2)18(16)14-6-3-4-7-15(14)20-12-10-19-11-13-20/h3-9,19H,10-13H2,1-2H3. The van der Waals surface area contributed by atoms with Gasteiger partial charge in [0.25, 0.3) is 0 Å². The highest BCUT2D eigenvalue weighted by Crippen LogP contribution is 2.42. The van der Waals surface area contributed by atoms with Crippen LogP contribution in [0.1, 0.15) is 0 Å². The number of para-hydroxylation sites is 1. The van der Waals surface area contributed by atoms with E-state index in [1.165, 1.54) is 5.69 Å². The first kappa shape index (κ1) is 14.7. The fourth-order valence-electron chi connectivity index (χ4n) is 2.98. The smallest absolute Gasteiger partial charge is 0.130 e. The van der Waals surface area contributed by atoms with Crippen LogP contribution in [0.25, 0.3) is 11.1 Å². The third-order valence-electron chi connectivity index (χ3n) is 4.06. The van der Waals surface area contributed by atoms with Gasteiger partial charge in [-0.15, -0.1) is 0 Å². The first-order valence-electron chi connectivity index (χ1n) is 7.61. The SMILES string of the molecule is COc1cccc(OC)c1-c1ccccc1N1CCNCC1. The van der Waals surface area contributed by atoms with Crippen LogP contribution in [-0.2, 0) is 0 Å². The molecule has 0 bridgehead atoms. The van der Waals surface area contributed by atoms with Crippen molar-refractivity contribution in [2.45, 2.75) is 0 Å². The van der Waals surface area contributed by atoms with Gasteiger partial charge in [0.15, 0.2) is 0 Å². The molecule has 0 radical (unpaired) electrons. The summed E-state index contributed by atoms with van der Waals surface area (Å²) in [6.07, 6.45) is 0. The predicted molar refractivity (Wildman–Crippen MR) is 90.1 cm³/mol. The number of methoxy groups -OCH3 is 2. The van der Waals surface area contributed by atoms with Crippen molar-refractivity contribution in [2.75, 3.05) is 45.3 Å². The van der Waals surface area contributed by atoms with Crippen LogP contribution in [0.15, 0.2) is 42.5 Å². The molecule has 0 aromatic heterocycles. The number of piperazine rings is 1. The van der Waals surface area contributed by atoms with E-state index in [0.29, 0.717) is 0 Å². The monoisotopic (exact) mass is 298 g/mol. The van der Waals surface area contributed by atoms with Crippen molar-refractivity contribution in [1.82, 2.24) is 5.32 Å². The van der Waals surface area contributed by atoms with Crippen molar-refractivity contribution in [3.05, 3.63) is 42.5 Å². The van der Waals surface area contributed by atoms with Crippen LogP contribution in [0.5, 0.6) is 11.5 Å². The van der Waals surface area contributed by atoms with Crippen molar-refractivity contribution in [3.63, 3.8) is 0 Å². The van der Waals surface area contributed by atoms with E-state index in [-0.39, 0.29) is 0 Å². The molecule has 2 aromatic rings. The maximum Gasteiger partial charge on any atom is 0.130 e. The molecule has 0 saturated carbocycles. The van der Waals surface area contributed by atoms with Crippen molar-refractivity contribution >= 4 is 5.69 Å². The van der Waals surface area contributed by atoms with E-state index < -0.39 is 0 Å². The molecule has 1 fully saturated rings. The molecule has 1 saturated heterocycles. The van der Waals surface area contributed by atoms with Gasteiger partial charge < -0.3 is 19.7 Å². The number of rotatable bonds is 4. The molecule has 0 aliphatic carbocycles. The summed E-state index contributed by atoms with van der Waals surface area (Å²) >= 11 is 0. The average Bonchev–Trinajstić information content (AvgIpc) is 2.61. The van der Waals surface area contributed by atoms with Gasteiger partial charge in [-0.25, -0.2) is 0 Å². The Kier molecular flexibility index (Phi) is 4.49. The molecule has 22 heavy (non-hydrogen) atoms. The maximum absolute atomic E-state index is 5.57. The molecule has 0 spiro atoms. The average molecular weight is 298 g/mol. The highest BCUT2D eigenvalue weighted by atomic mass is 16.5. The van der Waals surface area contributed by atoms with Gasteiger partial charge in [0.1, 0.15) is 11.5 Å². The van der Waals surface area contributed by atoms with E-state index in [1.807, 2.05) is 18.2 Å². The number of nitrogens with one attached hydrogen (secondary N) is 1. The van der Waals surface area contributed by atoms with Gasteiger partial charge in [-0.1, -0.05) is 24.3 Å². The summed E-state index contributed by atoms with van der Waals surface area (Å²) in [5.74, 6) is 1.67. The first-order chi connectivity index (χ1) is 10.8. The molecular weight excluding hydrogens is 276 g/mol. The maximum atomic E-state index is 5.57. The lowest BCUT2D eigenvalue weighted by atomic mass is 10.00. The van der Waals surface area contributed by atoms with Crippen LogP contribution in [0.2, 0.25) is 0 Å². The van der Waals surface area contributed by atoms with Crippen molar-refractivity contribution < 1.29 is 9.47 Å². The molecule has 2 aromatic carbocycles. The summed E-state index contributed by atoms with van der Waals surface area (Å²) in [6.45, 7) is 4.04. The third kappa shape index (κ3) is 2.74. The molecule has 3 rings (SSSR count). The van der Waals surface area contributed by atoms with Crippen molar-refractivity contribution in [3.8, 4) is 22.6 Å². The van der Waals surface area contributed by atoms with Gasteiger partial charge in [-0.3, -0.25) is 0 Å². The van der Waals surface area contributed by atoms with Gasteiger partial charge in [0, 0.05) is 37.4 Å². The predicted octanol–water partition coefficient (Wildman–Crippen LogP) is 2.78. The molecule has 1 N–H and O–H groups in total. The lowest BCUT2D eigenvalue weighted by Crippen LogP contribution is -2.43. The Morgan fingerprint density at radius 3 is 2.14 bits per heavy atom. The van der Waals surface area contributed by atoms with E-state index in [9.17, 15) is 0 Å². The molecule has 0 unspecified atom stereocenters. The Hall–Kier alpha value is -2.20. The number of hydrogen-bond donors (Lipinski definition) is 1. The summed E-state index contributed by atoms with van der Waals surface area (Å²) in [5, 5.41) is 3.40. The molecule has 4 heteroatoms. The zero-order chi connectivity index (χ0) is 15.4. The summed E-state index contributed by atoms with van der Waals surface area (Å²) in [4.78, 5) is 2.41. The molecule has 1 heterocycles. The fraction of sp³-hybridized carbons (Fsp3) is 0.333. The van der Waals surface area contributed by atoms with E-state index in [2.05, 4.69) is 34.5 Å². The topological polar surface area (TPSA) is 33.7 Å². The molecule has 0 amide bonds. The van der Waals surface area contributed by atoms with Gasteiger partial charge >= 0.3 is 0 Å². The summed E-state index contributed by atoms with van der Waals surface area (Å²) in [7, 11) is 3.40. The highest BCUT2D eigenvalue weighted by Gasteiger charge is 2.19. The number of benzene rings is 2. The van der Waals surface area contributed by atoms with Gasteiger partial charge in [-0.05, 0) is 18.2 Å². The minimum absolute atomic E-state index is 0.835. The largest absolute Gasteiger partial charge is 0.496 e. The minimum Gasteiger partial charge on any atom is -0.496 e. The summed E-state index contributed by atoms with van der Waals surface area (Å²) in [5.41, 5.74) is 3.40. The Balaban J connectivity index is 2.12. The lowest BCUT2D eigenvalue weighted by Gasteiger charge is -2.31. The lowest BCUT2D eigenvalue weighted by molar-refractivity contribution is 0.397. The van der Waals surface area contributed by atoms with E-state index in [4.69, 9.17) is 9.47 Å².